The van der Waals surface area contributed by atoms with Gasteiger partial charge in [0.1, 0.15) is 6.23 Å². The van der Waals surface area contributed by atoms with Gasteiger partial charge in [-0.2, -0.15) is 13.1 Å². The lowest BCUT2D eigenvalue weighted by atomic mass is 10.3. The van der Waals surface area contributed by atoms with Gasteiger partial charge in [-0.25, -0.2) is 0 Å². The number of hydrogen-bond acceptors (Lipinski definition) is 5. The van der Waals surface area contributed by atoms with E-state index in [2.05, 4.69) is 0 Å². The molecule has 0 aromatic carbocycles. The van der Waals surface area contributed by atoms with Crippen LogP contribution in [-0.2, 0) is 15.0 Å². The van der Waals surface area contributed by atoms with Crippen molar-refractivity contribution >= 4 is 10.3 Å². The third-order valence-corrected chi connectivity index (χ3v) is 2.07. The minimum Gasteiger partial charge on any atom is -0.362 e. The Balaban J connectivity index is 4.12. The van der Waals surface area contributed by atoms with Crippen LogP contribution in [0, 0.1) is 0 Å². The van der Waals surface area contributed by atoms with Gasteiger partial charge >= 0.3 is 10.3 Å². The van der Waals surface area contributed by atoms with Crippen LogP contribution in [-0.4, -0.2) is 38.4 Å². The molecule has 86 valence electrons. The van der Waals surface area contributed by atoms with Crippen molar-refractivity contribution in [2.75, 3.05) is 13.2 Å². The van der Waals surface area contributed by atoms with E-state index in [0.717, 1.165) is 6.42 Å². The molecule has 0 rings (SSSR count). The summed E-state index contributed by atoms with van der Waals surface area (Å²) in [6.07, 6.45) is -0.0986. The van der Waals surface area contributed by atoms with Gasteiger partial charge in [-0.05, 0) is 6.42 Å². The fraction of sp³-hybridized carbons (Fsp3) is 1.00. The lowest BCUT2D eigenvalue weighted by molar-refractivity contribution is 0.0379. The summed E-state index contributed by atoms with van der Waals surface area (Å²) in [7, 11) is -4.30. The first kappa shape index (κ1) is 13.8. The third-order valence-electron chi connectivity index (χ3n) is 1.47. The van der Waals surface area contributed by atoms with Gasteiger partial charge in [-0.3, -0.25) is 4.55 Å². The van der Waals surface area contributed by atoms with Crippen LogP contribution < -0.4 is 16.2 Å². The van der Waals surface area contributed by atoms with Gasteiger partial charge in [0.2, 0.25) is 0 Å². The van der Waals surface area contributed by atoms with E-state index in [1.165, 1.54) is 0 Å². The Labute approximate surface area is 83.7 Å². The number of rotatable bonds is 7. The van der Waals surface area contributed by atoms with Crippen molar-refractivity contribution in [3.8, 4) is 0 Å². The van der Waals surface area contributed by atoms with Crippen molar-refractivity contribution in [3.05, 3.63) is 0 Å². The monoisotopic (exact) mass is 227 g/mol. The van der Waals surface area contributed by atoms with Gasteiger partial charge < -0.3 is 16.2 Å². The lowest BCUT2D eigenvalue weighted by Crippen LogP contribution is -2.52. The summed E-state index contributed by atoms with van der Waals surface area (Å²) in [5.41, 5.74) is 10.7. The highest BCUT2D eigenvalue weighted by atomic mass is 32.2. The van der Waals surface area contributed by atoms with Crippen LogP contribution in [0.25, 0.3) is 0 Å². The number of ether oxygens (including phenoxy) is 1. The highest BCUT2D eigenvalue weighted by molar-refractivity contribution is 7.83. The molecule has 0 radical (unpaired) electrons. The van der Waals surface area contributed by atoms with Gasteiger partial charge in [-0.15, -0.1) is 0 Å². The summed E-state index contributed by atoms with van der Waals surface area (Å²) in [5.74, 6) is 0. The van der Waals surface area contributed by atoms with E-state index in [0.29, 0.717) is 6.61 Å². The molecule has 8 heteroatoms. The maximum Gasteiger partial charge on any atom is 0.333 e. The second kappa shape index (κ2) is 6.27. The van der Waals surface area contributed by atoms with Crippen LogP contribution in [0.3, 0.4) is 0 Å². The van der Waals surface area contributed by atoms with Gasteiger partial charge in [0.25, 0.3) is 0 Å². The van der Waals surface area contributed by atoms with E-state index < -0.39 is 22.6 Å². The predicted molar refractivity (Wildman–Crippen MR) is 51.7 cm³/mol. The maximum atomic E-state index is 10.5. The number of nitrogens with one attached hydrogen (secondary N) is 1. The zero-order valence-electron chi connectivity index (χ0n) is 8.01. The van der Waals surface area contributed by atoms with E-state index in [1.54, 1.807) is 0 Å². The fourth-order valence-electron chi connectivity index (χ4n) is 0.811. The third kappa shape index (κ3) is 6.24. The van der Waals surface area contributed by atoms with Crippen LogP contribution in [0.1, 0.15) is 13.3 Å². The first-order valence-corrected chi connectivity index (χ1v) is 5.66. The Morgan fingerprint density at radius 3 is 2.50 bits per heavy atom. The Morgan fingerprint density at radius 2 is 2.14 bits per heavy atom. The molecule has 0 saturated heterocycles. The van der Waals surface area contributed by atoms with E-state index in [-0.39, 0.29) is 6.54 Å². The molecular formula is C6H17N3O4S. The zero-order chi connectivity index (χ0) is 11.2. The van der Waals surface area contributed by atoms with Crippen molar-refractivity contribution in [2.24, 2.45) is 11.5 Å². The molecule has 0 amide bonds. The van der Waals surface area contributed by atoms with Crippen molar-refractivity contribution in [1.29, 1.82) is 0 Å². The standard InChI is InChI=1S/C6H17N3O4S/c1-2-3-13-6(8)5(4-7)9-14(10,11)12/h5-6,9H,2-4,7-8H2,1H3,(H,10,11,12). The summed E-state index contributed by atoms with van der Waals surface area (Å²) in [4.78, 5) is 0. The summed E-state index contributed by atoms with van der Waals surface area (Å²) in [6, 6.07) is -0.823. The smallest absolute Gasteiger partial charge is 0.333 e. The highest BCUT2D eigenvalue weighted by Gasteiger charge is 2.21. The van der Waals surface area contributed by atoms with Crippen molar-refractivity contribution in [2.45, 2.75) is 25.6 Å². The Bertz CT molecular complexity index is 243. The molecular weight excluding hydrogens is 210 g/mol. The molecule has 0 bridgehead atoms. The van der Waals surface area contributed by atoms with Crippen LogP contribution >= 0.6 is 0 Å². The molecule has 7 nitrogen and oxygen atoms in total. The Morgan fingerprint density at radius 1 is 1.57 bits per heavy atom. The minimum atomic E-state index is -4.30. The maximum absolute atomic E-state index is 10.5. The average molecular weight is 227 g/mol. The zero-order valence-corrected chi connectivity index (χ0v) is 8.83. The van der Waals surface area contributed by atoms with Crippen molar-refractivity contribution < 1.29 is 17.7 Å². The van der Waals surface area contributed by atoms with Gasteiger partial charge in [0.05, 0.1) is 6.04 Å². The van der Waals surface area contributed by atoms with Gasteiger partial charge in [-0.1, -0.05) is 6.92 Å². The van der Waals surface area contributed by atoms with E-state index in [1.807, 2.05) is 11.6 Å². The first-order chi connectivity index (χ1) is 6.40. The Kier molecular flexibility index (Phi) is 6.16. The second-order valence-electron chi connectivity index (χ2n) is 2.77. The van der Waals surface area contributed by atoms with Gasteiger partial charge in [0.15, 0.2) is 0 Å². The normalized spacial score (nSPS) is 16.6. The van der Waals surface area contributed by atoms with E-state index in [9.17, 15) is 8.42 Å². The predicted octanol–water partition coefficient (Wildman–Crippen LogP) is -1.58. The molecule has 0 spiro atoms. The molecule has 0 heterocycles. The molecule has 0 aliphatic heterocycles. The van der Waals surface area contributed by atoms with E-state index >= 15 is 0 Å². The van der Waals surface area contributed by atoms with Gasteiger partial charge in [0, 0.05) is 13.2 Å². The highest BCUT2D eigenvalue weighted by Crippen LogP contribution is 1.94. The molecule has 0 fully saturated rings. The summed E-state index contributed by atoms with van der Waals surface area (Å²) >= 11 is 0. The summed E-state index contributed by atoms with van der Waals surface area (Å²) in [5, 5.41) is 0. The lowest BCUT2D eigenvalue weighted by Gasteiger charge is -2.21. The molecule has 0 aliphatic rings. The molecule has 0 saturated carbocycles. The average Bonchev–Trinajstić information content (AvgIpc) is 2.08. The molecule has 0 aliphatic carbocycles. The molecule has 2 atom stereocenters. The molecule has 2 unspecified atom stereocenters. The SMILES string of the molecule is CCCOC(N)C(CN)NS(=O)(=O)O. The summed E-state index contributed by atoms with van der Waals surface area (Å²) in [6.45, 7) is 2.25. The fourth-order valence-corrected chi connectivity index (χ4v) is 1.42. The quantitative estimate of drug-likeness (QED) is 0.307. The largest absolute Gasteiger partial charge is 0.362 e. The number of nitrogens with two attached hydrogens (primary N) is 2. The van der Waals surface area contributed by atoms with E-state index in [4.69, 9.17) is 20.8 Å². The molecule has 6 N–H and O–H groups in total. The van der Waals surface area contributed by atoms with Crippen molar-refractivity contribution in [1.82, 2.24) is 4.72 Å². The molecule has 0 aromatic rings. The Hall–Kier alpha value is -0.250. The van der Waals surface area contributed by atoms with Crippen LogP contribution in [0.15, 0.2) is 0 Å². The van der Waals surface area contributed by atoms with Crippen LogP contribution in [0.2, 0.25) is 0 Å². The minimum absolute atomic E-state index is 0.0509. The molecule has 0 aromatic heterocycles. The number of hydrogen-bond donors (Lipinski definition) is 4. The van der Waals surface area contributed by atoms with Crippen molar-refractivity contribution in [3.63, 3.8) is 0 Å². The molecule has 14 heavy (non-hydrogen) atoms. The first-order valence-electron chi connectivity index (χ1n) is 4.22. The van der Waals surface area contributed by atoms with Crippen LogP contribution in [0.4, 0.5) is 0 Å². The second-order valence-corrected chi connectivity index (χ2v) is 3.96. The summed E-state index contributed by atoms with van der Waals surface area (Å²) < 4.78 is 36.3. The topological polar surface area (TPSA) is 128 Å². The van der Waals surface area contributed by atoms with Crippen LogP contribution in [0.5, 0.6) is 0 Å².